The highest BCUT2D eigenvalue weighted by Crippen LogP contribution is 2.26. The number of likely N-dealkylation sites (tertiary alicyclic amines) is 1. The number of nitrogens with two attached hydrogens (primary N) is 1. The number of rotatable bonds is 3. The molecule has 0 aliphatic carbocycles. The molecule has 1 amide bonds. The summed E-state index contributed by atoms with van der Waals surface area (Å²) in [4.78, 5) is 14.2. The van der Waals surface area contributed by atoms with Crippen molar-refractivity contribution in [3.8, 4) is 5.75 Å². The van der Waals surface area contributed by atoms with Gasteiger partial charge in [0.2, 0.25) is 0 Å². The Morgan fingerprint density at radius 3 is 3.00 bits per heavy atom. The van der Waals surface area contributed by atoms with Crippen LogP contribution in [-0.4, -0.2) is 37.6 Å². The Labute approximate surface area is 115 Å². The number of carbonyl (C=O) groups excluding carboxylic acids is 1. The number of halogens is 1. The number of amides is 1. The Hall–Kier alpha value is -1.07. The van der Waals surface area contributed by atoms with Gasteiger partial charge in [-0.25, -0.2) is 0 Å². The van der Waals surface area contributed by atoms with Crippen LogP contribution in [0.2, 0.25) is 0 Å². The lowest BCUT2D eigenvalue weighted by atomic mass is 10.1. The van der Waals surface area contributed by atoms with Crippen molar-refractivity contribution in [2.75, 3.05) is 26.7 Å². The second-order valence-corrected chi connectivity index (χ2v) is 5.40. The molecule has 5 heteroatoms. The second kappa shape index (κ2) is 5.71. The number of methoxy groups -OCH3 is 1. The van der Waals surface area contributed by atoms with Crippen molar-refractivity contribution in [1.82, 2.24) is 4.90 Å². The summed E-state index contributed by atoms with van der Waals surface area (Å²) in [6, 6.07) is 5.46. The predicted molar refractivity (Wildman–Crippen MR) is 73.8 cm³/mol. The number of hydrogen-bond acceptors (Lipinski definition) is 3. The zero-order chi connectivity index (χ0) is 13.1. The van der Waals surface area contributed by atoms with Gasteiger partial charge in [0.15, 0.2) is 0 Å². The Bertz CT molecular complexity index is 451. The number of nitrogens with zero attached hydrogens (tertiary/aromatic N) is 1. The van der Waals surface area contributed by atoms with Crippen LogP contribution in [0.5, 0.6) is 5.75 Å². The molecule has 0 aromatic heterocycles. The smallest absolute Gasteiger partial charge is 0.257 e. The van der Waals surface area contributed by atoms with E-state index in [4.69, 9.17) is 10.5 Å². The molecule has 0 saturated carbocycles. The van der Waals surface area contributed by atoms with Gasteiger partial charge in [0.25, 0.3) is 5.91 Å². The maximum absolute atomic E-state index is 12.4. The molecule has 0 bridgehead atoms. The Kier molecular flexibility index (Phi) is 4.24. The number of ether oxygens (including phenoxy) is 1. The minimum Gasteiger partial charge on any atom is -0.496 e. The lowest BCUT2D eigenvalue weighted by Crippen LogP contribution is -2.30. The molecule has 2 rings (SSSR count). The number of carbonyl (C=O) groups is 1. The Balaban J connectivity index is 2.19. The summed E-state index contributed by atoms with van der Waals surface area (Å²) >= 11 is 3.37. The fraction of sp³-hybridized carbons (Fsp3) is 0.462. The Morgan fingerprint density at radius 2 is 2.39 bits per heavy atom. The molecule has 1 fully saturated rings. The van der Waals surface area contributed by atoms with Crippen LogP contribution in [0.1, 0.15) is 16.8 Å². The van der Waals surface area contributed by atoms with Crippen LogP contribution in [0.25, 0.3) is 0 Å². The molecule has 1 aromatic carbocycles. The van der Waals surface area contributed by atoms with Crippen LogP contribution < -0.4 is 10.5 Å². The molecular weight excluding hydrogens is 296 g/mol. The molecule has 0 radical (unpaired) electrons. The first kappa shape index (κ1) is 13.4. The summed E-state index contributed by atoms with van der Waals surface area (Å²) in [7, 11) is 1.57. The van der Waals surface area contributed by atoms with Crippen LogP contribution in [0.3, 0.4) is 0 Å². The van der Waals surface area contributed by atoms with E-state index >= 15 is 0 Å². The van der Waals surface area contributed by atoms with E-state index in [1.807, 2.05) is 17.0 Å². The van der Waals surface area contributed by atoms with E-state index in [1.54, 1.807) is 13.2 Å². The fourth-order valence-electron chi connectivity index (χ4n) is 2.22. The molecule has 1 aromatic rings. The molecular formula is C13H17BrN2O2. The minimum atomic E-state index is 0.0234. The third kappa shape index (κ3) is 2.67. The SMILES string of the molecule is COc1cc(Br)ccc1C(=O)N1CC[C@@H](CN)C1. The van der Waals surface area contributed by atoms with E-state index in [-0.39, 0.29) is 5.91 Å². The van der Waals surface area contributed by atoms with Gasteiger partial charge in [0.05, 0.1) is 12.7 Å². The molecule has 1 aliphatic heterocycles. The lowest BCUT2D eigenvalue weighted by Gasteiger charge is -2.18. The molecule has 1 atom stereocenters. The zero-order valence-corrected chi connectivity index (χ0v) is 11.9. The van der Waals surface area contributed by atoms with Crippen LogP contribution in [0, 0.1) is 5.92 Å². The summed E-state index contributed by atoms with van der Waals surface area (Å²) in [6.45, 7) is 2.16. The first-order valence-corrected chi connectivity index (χ1v) is 6.78. The van der Waals surface area contributed by atoms with Gasteiger partial charge in [-0.2, -0.15) is 0 Å². The molecule has 1 heterocycles. The highest BCUT2D eigenvalue weighted by atomic mass is 79.9. The third-order valence-electron chi connectivity index (χ3n) is 3.30. The first-order chi connectivity index (χ1) is 8.65. The topological polar surface area (TPSA) is 55.6 Å². The van der Waals surface area contributed by atoms with Gasteiger partial charge in [0.1, 0.15) is 5.75 Å². The average molecular weight is 313 g/mol. The van der Waals surface area contributed by atoms with Gasteiger partial charge in [-0.3, -0.25) is 4.79 Å². The lowest BCUT2D eigenvalue weighted by molar-refractivity contribution is 0.0784. The van der Waals surface area contributed by atoms with E-state index in [9.17, 15) is 4.79 Å². The van der Waals surface area contributed by atoms with E-state index in [1.165, 1.54) is 0 Å². The highest BCUT2D eigenvalue weighted by Gasteiger charge is 2.27. The van der Waals surface area contributed by atoms with Crippen molar-refractivity contribution in [2.45, 2.75) is 6.42 Å². The van der Waals surface area contributed by atoms with E-state index < -0.39 is 0 Å². The van der Waals surface area contributed by atoms with Gasteiger partial charge in [-0.1, -0.05) is 15.9 Å². The van der Waals surface area contributed by atoms with Crippen molar-refractivity contribution in [3.63, 3.8) is 0 Å². The van der Waals surface area contributed by atoms with Gasteiger partial charge in [-0.05, 0) is 37.1 Å². The van der Waals surface area contributed by atoms with E-state index in [0.717, 1.165) is 24.0 Å². The van der Waals surface area contributed by atoms with Crippen LogP contribution in [0.15, 0.2) is 22.7 Å². The van der Waals surface area contributed by atoms with Crippen molar-refractivity contribution in [2.24, 2.45) is 11.7 Å². The predicted octanol–water partition coefficient (Wildman–Crippen LogP) is 1.88. The summed E-state index contributed by atoms with van der Waals surface area (Å²) in [5.74, 6) is 1.05. The van der Waals surface area contributed by atoms with Crippen molar-refractivity contribution >= 4 is 21.8 Å². The second-order valence-electron chi connectivity index (χ2n) is 4.49. The van der Waals surface area contributed by atoms with Crippen LogP contribution >= 0.6 is 15.9 Å². The summed E-state index contributed by atoms with van der Waals surface area (Å²) in [5, 5.41) is 0. The molecule has 0 spiro atoms. The summed E-state index contributed by atoms with van der Waals surface area (Å²) < 4.78 is 6.16. The van der Waals surface area contributed by atoms with E-state index in [0.29, 0.717) is 23.8 Å². The summed E-state index contributed by atoms with van der Waals surface area (Å²) in [6.07, 6.45) is 0.987. The van der Waals surface area contributed by atoms with Crippen molar-refractivity contribution in [3.05, 3.63) is 28.2 Å². The van der Waals surface area contributed by atoms with Gasteiger partial charge in [-0.15, -0.1) is 0 Å². The van der Waals surface area contributed by atoms with Gasteiger partial charge in [0, 0.05) is 17.6 Å². The number of benzene rings is 1. The molecule has 0 unspecified atom stereocenters. The molecule has 1 saturated heterocycles. The summed E-state index contributed by atoms with van der Waals surface area (Å²) in [5.41, 5.74) is 6.25. The van der Waals surface area contributed by atoms with Crippen molar-refractivity contribution < 1.29 is 9.53 Å². The average Bonchev–Trinajstić information content (AvgIpc) is 2.86. The largest absolute Gasteiger partial charge is 0.496 e. The van der Waals surface area contributed by atoms with Gasteiger partial charge >= 0.3 is 0 Å². The highest BCUT2D eigenvalue weighted by molar-refractivity contribution is 9.10. The van der Waals surface area contributed by atoms with Crippen LogP contribution in [0.4, 0.5) is 0 Å². The van der Waals surface area contributed by atoms with Crippen molar-refractivity contribution in [1.29, 1.82) is 0 Å². The monoisotopic (exact) mass is 312 g/mol. The van der Waals surface area contributed by atoms with Gasteiger partial charge < -0.3 is 15.4 Å². The standard InChI is InChI=1S/C13H17BrN2O2/c1-18-12-6-10(14)2-3-11(12)13(17)16-5-4-9(7-15)8-16/h2-3,6,9H,4-5,7-8,15H2,1H3/t9-/m0/s1. The minimum absolute atomic E-state index is 0.0234. The quantitative estimate of drug-likeness (QED) is 0.927. The molecule has 4 nitrogen and oxygen atoms in total. The zero-order valence-electron chi connectivity index (χ0n) is 10.4. The molecule has 18 heavy (non-hydrogen) atoms. The molecule has 1 aliphatic rings. The fourth-order valence-corrected chi connectivity index (χ4v) is 2.56. The maximum atomic E-state index is 12.4. The third-order valence-corrected chi connectivity index (χ3v) is 3.79. The Morgan fingerprint density at radius 1 is 1.61 bits per heavy atom. The molecule has 98 valence electrons. The normalized spacial score (nSPS) is 19.1. The maximum Gasteiger partial charge on any atom is 0.257 e. The van der Waals surface area contributed by atoms with Crippen LogP contribution in [-0.2, 0) is 0 Å². The van der Waals surface area contributed by atoms with E-state index in [2.05, 4.69) is 15.9 Å². The number of hydrogen-bond donors (Lipinski definition) is 1. The molecule has 2 N–H and O–H groups in total. The first-order valence-electron chi connectivity index (χ1n) is 5.98.